The molecule has 1 aromatic heterocycles. The van der Waals surface area contributed by atoms with Crippen molar-refractivity contribution < 1.29 is 8.42 Å². The zero-order valence-electron chi connectivity index (χ0n) is 12.5. The molecule has 0 amide bonds. The van der Waals surface area contributed by atoms with Gasteiger partial charge in [0, 0.05) is 17.5 Å². The normalized spacial score (nSPS) is 15.5. The van der Waals surface area contributed by atoms with E-state index in [2.05, 4.69) is 18.8 Å². The molecule has 1 aromatic rings. The Hall–Kier alpha value is -0.690. The summed E-state index contributed by atoms with van der Waals surface area (Å²) in [6.07, 6.45) is 5.59. The van der Waals surface area contributed by atoms with Gasteiger partial charge in [-0.25, -0.2) is 8.42 Å². The maximum Gasteiger partial charge on any atom is 0.253 e. The molecule has 6 heteroatoms. The van der Waals surface area contributed by atoms with Gasteiger partial charge in [-0.3, -0.25) is 0 Å². The molecule has 1 N–H and O–H groups in total. The SMILES string of the molecule is C=CCN(C1CC1)S(=O)(=O)c1ccc(CCNCCC)s1. The molecule has 1 fully saturated rings. The minimum atomic E-state index is -3.35. The number of sulfonamides is 1. The first-order chi connectivity index (χ1) is 10.1. The lowest BCUT2D eigenvalue weighted by molar-refractivity contribution is 0.437. The molecule has 0 spiro atoms. The molecule has 0 unspecified atom stereocenters. The van der Waals surface area contributed by atoms with Crippen molar-refractivity contribution in [3.63, 3.8) is 0 Å². The fourth-order valence-electron chi connectivity index (χ4n) is 2.19. The summed E-state index contributed by atoms with van der Waals surface area (Å²) in [7, 11) is -3.35. The first-order valence-electron chi connectivity index (χ1n) is 7.51. The van der Waals surface area contributed by atoms with Crippen LogP contribution in [-0.2, 0) is 16.4 Å². The number of nitrogens with zero attached hydrogens (tertiary/aromatic N) is 1. The standard InChI is InChI=1S/C15H24N2O2S2/c1-3-10-16-11-9-14-7-8-15(20-14)21(18,19)17(12-4-2)13-5-6-13/h4,7-8,13,16H,2-3,5-6,9-12H2,1H3. The molecule has 1 aliphatic rings. The van der Waals surface area contributed by atoms with Crippen LogP contribution < -0.4 is 5.32 Å². The van der Waals surface area contributed by atoms with E-state index >= 15 is 0 Å². The van der Waals surface area contributed by atoms with E-state index in [0.717, 1.165) is 43.6 Å². The molecule has 1 saturated carbocycles. The first kappa shape index (κ1) is 16.7. The van der Waals surface area contributed by atoms with Crippen LogP contribution in [0.1, 0.15) is 31.1 Å². The van der Waals surface area contributed by atoms with E-state index in [-0.39, 0.29) is 6.04 Å². The first-order valence-corrected chi connectivity index (χ1v) is 9.77. The maximum atomic E-state index is 12.7. The Morgan fingerprint density at radius 2 is 2.19 bits per heavy atom. The van der Waals surface area contributed by atoms with E-state index in [9.17, 15) is 8.42 Å². The molecule has 0 atom stereocenters. The van der Waals surface area contributed by atoms with Crippen molar-refractivity contribution in [3.05, 3.63) is 29.7 Å². The van der Waals surface area contributed by atoms with E-state index in [0.29, 0.717) is 10.8 Å². The molecule has 1 heterocycles. The number of hydrogen-bond donors (Lipinski definition) is 1. The molecule has 4 nitrogen and oxygen atoms in total. The average molecular weight is 329 g/mol. The molecule has 1 aliphatic carbocycles. The highest BCUT2D eigenvalue weighted by atomic mass is 32.2. The van der Waals surface area contributed by atoms with Crippen LogP contribution in [0.15, 0.2) is 29.0 Å². The largest absolute Gasteiger partial charge is 0.316 e. The van der Waals surface area contributed by atoms with Crippen LogP contribution in [0.5, 0.6) is 0 Å². The summed E-state index contributed by atoms with van der Waals surface area (Å²) >= 11 is 1.39. The van der Waals surface area contributed by atoms with Crippen molar-refractivity contribution in [2.75, 3.05) is 19.6 Å². The highest BCUT2D eigenvalue weighted by Crippen LogP contribution is 2.34. The van der Waals surface area contributed by atoms with Crippen molar-refractivity contribution in [3.8, 4) is 0 Å². The molecular weight excluding hydrogens is 304 g/mol. The van der Waals surface area contributed by atoms with Crippen molar-refractivity contribution in [1.82, 2.24) is 9.62 Å². The molecule has 21 heavy (non-hydrogen) atoms. The maximum absolute atomic E-state index is 12.7. The zero-order valence-corrected chi connectivity index (χ0v) is 14.2. The second-order valence-corrected chi connectivity index (χ2v) is 8.60. The lowest BCUT2D eigenvalue weighted by atomic mass is 10.3. The Morgan fingerprint density at radius 3 is 2.81 bits per heavy atom. The fourth-order valence-corrected chi connectivity index (χ4v) is 5.33. The van der Waals surface area contributed by atoms with Crippen LogP contribution in [0, 0.1) is 0 Å². The van der Waals surface area contributed by atoms with Gasteiger partial charge in [-0.2, -0.15) is 4.31 Å². The van der Waals surface area contributed by atoms with Gasteiger partial charge in [0.05, 0.1) is 0 Å². The van der Waals surface area contributed by atoms with E-state index in [1.807, 2.05) is 6.07 Å². The zero-order chi connectivity index (χ0) is 15.3. The summed E-state index contributed by atoms with van der Waals surface area (Å²) in [6.45, 7) is 8.11. The summed E-state index contributed by atoms with van der Waals surface area (Å²) in [5, 5.41) is 3.34. The molecular formula is C15H24N2O2S2. The van der Waals surface area contributed by atoms with Crippen molar-refractivity contribution in [2.24, 2.45) is 0 Å². The minimum Gasteiger partial charge on any atom is -0.316 e. The Bertz CT molecular complexity index is 562. The minimum absolute atomic E-state index is 0.171. The third-order valence-corrected chi connectivity index (χ3v) is 6.97. The van der Waals surface area contributed by atoms with Gasteiger partial charge in [0.1, 0.15) is 4.21 Å². The lowest BCUT2D eigenvalue weighted by Crippen LogP contribution is -2.32. The quantitative estimate of drug-likeness (QED) is 0.530. The third kappa shape index (κ3) is 4.39. The molecule has 0 radical (unpaired) electrons. The second kappa shape index (κ2) is 7.54. The van der Waals surface area contributed by atoms with E-state index in [1.165, 1.54) is 11.3 Å². The van der Waals surface area contributed by atoms with Gasteiger partial charge in [-0.15, -0.1) is 17.9 Å². The van der Waals surface area contributed by atoms with Gasteiger partial charge in [0.2, 0.25) is 0 Å². The van der Waals surface area contributed by atoms with Crippen LogP contribution in [0.2, 0.25) is 0 Å². The summed E-state index contributed by atoms with van der Waals surface area (Å²) < 4.78 is 27.4. The topological polar surface area (TPSA) is 49.4 Å². The predicted molar refractivity (Wildman–Crippen MR) is 88.3 cm³/mol. The highest BCUT2D eigenvalue weighted by molar-refractivity contribution is 7.91. The summed E-state index contributed by atoms with van der Waals surface area (Å²) in [5.41, 5.74) is 0. The van der Waals surface area contributed by atoms with Crippen molar-refractivity contribution in [1.29, 1.82) is 0 Å². The van der Waals surface area contributed by atoms with E-state index < -0.39 is 10.0 Å². The fraction of sp³-hybridized carbons (Fsp3) is 0.600. The Labute approximate surface area is 131 Å². The number of hydrogen-bond acceptors (Lipinski definition) is 4. The van der Waals surface area contributed by atoms with Gasteiger partial charge in [0.15, 0.2) is 0 Å². The average Bonchev–Trinajstić information content (AvgIpc) is 3.17. The Morgan fingerprint density at radius 1 is 1.43 bits per heavy atom. The monoisotopic (exact) mass is 328 g/mol. The van der Waals surface area contributed by atoms with Crippen molar-refractivity contribution in [2.45, 2.75) is 42.9 Å². The smallest absolute Gasteiger partial charge is 0.253 e. The molecule has 2 rings (SSSR count). The molecule has 118 valence electrons. The molecule has 0 bridgehead atoms. The summed E-state index contributed by atoms with van der Waals surface area (Å²) in [6, 6.07) is 3.85. The van der Waals surface area contributed by atoms with Crippen LogP contribution in [0.3, 0.4) is 0 Å². The lowest BCUT2D eigenvalue weighted by Gasteiger charge is -2.18. The number of rotatable bonds is 10. The van der Waals surface area contributed by atoms with Crippen LogP contribution in [0.4, 0.5) is 0 Å². The number of thiophene rings is 1. The van der Waals surface area contributed by atoms with Gasteiger partial charge < -0.3 is 5.32 Å². The van der Waals surface area contributed by atoms with Gasteiger partial charge in [0.25, 0.3) is 10.0 Å². The van der Waals surface area contributed by atoms with Gasteiger partial charge >= 0.3 is 0 Å². The van der Waals surface area contributed by atoms with Crippen LogP contribution in [-0.4, -0.2) is 38.4 Å². The van der Waals surface area contributed by atoms with Crippen molar-refractivity contribution >= 4 is 21.4 Å². The van der Waals surface area contributed by atoms with Crippen LogP contribution >= 0.6 is 11.3 Å². The molecule has 0 aliphatic heterocycles. The van der Waals surface area contributed by atoms with Gasteiger partial charge in [-0.05, 0) is 50.9 Å². The van der Waals surface area contributed by atoms with Crippen LogP contribution in [0.25, 0.3) is 0 Å². The third-order valence-electron chi connectivity index (χ3n) is 3.44. The predicted octanol–water partition coefficient (Wildman–Crippen LogP) is 2.63. The second-order valence-electron chi connectivity index (χ2n) is 5.32. The highest BCUT2D eigenvalue weighted by Gasteiger charge is 2.37. The summed E-state index contributed by atoms with van der Waals surface area (Å²) in [4.78, 5) is 1.12. The number of nitrogens with one attached hydrogen (secondary N) is 1. The van der Waals surface area contributed by atoms with E-state index in [1.54, 1.807) is 16.4 Å². The van der Waals surface area contributed by atoms with Gasteiger partial charge in [-0.1, -0.05) is 13.0 Å². The Balaban J connectivity index is 2.02. The molecule has 0 aromatic carbocycles. The Kier molecular flexibility index (Phi) is 5.98. The van der Waals surface area contributed by atoms with E-state index in [4.69, 9.17) is 0 Å². The molecule has 0 saturated heterocycles. The summed E-state index contributed by atoms with van der Waals surface area (Å²) in [5.74, 6) is 0.